The monoisotopic (exact) mass is 315 g/mol. The molecule has 2 aliphatic heterocycles. The summed E-state index contributed by atoms with van der Waals surface area (Å²) in [7, 11) is 0. The Morgan fingerprint density at radius 1 is 1.23 bits per heavy atom. The number of nitrogens with zero attached hydrogens (tertiary/aromatic N) is 1. The molecule has 22 heavy (non-hydrogen) atoms. The fraction of sp³-hybridized carbons (Fsp3) is 0.235. The van der Waals surface area contributed by atoms with Crippen LogP contribution in [0.3, 0.4) is 0 Å². The summed E-state index contributed by atoms with van der Waals surface area (Å²) in [4.78, 5) is 13.7. The fourth-order valence-corrected chi connectivity index (χ4v) is 4.24. The van der Waals surface area contributed by atoms with Gasteiger partial charge in [-0.3, -0.25) is 4.79 Å². The smallest absolute Gasteiger partial charge is 0.275 e. The van der Waals surface area contributed by atoms with Gasteiger partial charge in [-0.1, -0.05) is 30.3 Å². The van der Waals surface area contributed by atoms with Gasteiger partial charge in [-0.2, -0.15) is 0 Å². The number of amides is 1. The van der Waals surface area contributed by atoms with Gasteiger partial charge in [-0.25, -0.2) is 4.39 Å². The summed E-state index contributed by atoms with van der Waals surface area (Å²) in [6.07, 6.45) is 0. The van der Waals surface area contributed by atoms with Crippen LogP contribution in [0.5, 0.6) is 0 Å². The third-order valence-electron chi connectivity index (χ3n) is 4.00. The SMILES string of the molecule is O=C1N(Cc2cccc(F)c2)c2ccccc2C12OCCS2. The number of thioether (sulfide) groups is 1. The Morgan fingerprint density at radius 3 is 2.86 bits per heavy atom. The van der Waals surface area contributed by atoms with Gasteiger partial charge >= 0.3 is 0 Å². The molecule has 1 amide bonds. The molecule has 0 aliphatic carbocycles. The van der Waals surface area contributed by atoms with Gasteiger partial charge in [-0.05, 0) is 23.8 Å². The van der Waals surface area contributed by atoms with Crippen molar-refractivity contribution in [1.82, 2.24) is 0 Å². The third-order valence-corrected chi connectivity index (χ3v) is 5.29. The van der Waals surface area contributed by atoms with E-state index in [9.17, 15) is 9.18 Å². The molecule has 2 aromatic rings. The zero-order valence-electron chi connectivity index (χ0n) is 11.8. The molecule has 0 radical (unpaired) electrons. The Bertz CT molecular complexity index is 743. The van der Waals surface area contributed by atoms with Crippen molar-refractivity contribution in [3.8, 4) is 0 Å². The van der Waals surface area contributed by atoms with E-state index in [1.165, 1.54) is 23.9 Å². The van der Waals surface area contributed by atoms with Gasteiger partial charge in [0.15, 0.2) is 0 Å². The zero-order chi connectivity index (χ0) is 15.2. The zero-order valence-corrected chi connectivity index (χ0v) is 12.6. The van der Waals surface area contributed by atoms with E-state index in [-0.39, 0.29) is 11.7 Å². The van der Waals surface area contributed by atoms with E-state index in [1.54, 1.807) is 11.0 Å². The number of carbonyl (C=O) groups is 1. The number of ether oxygens (including phenoxy) is 1. The minimum Gasteiger partial charge on any atom is -0.350 e. The van der Waals surface area contributed by atoms with Gasteiger partial charge in [0.05, 0.1) is 18.8 Å². The highest BCUT2D eigenvalue weighted by Gasteiger charge is 2.54. The molecule has 2 heterocycles. The predicted molar refractivity (Wildman–Crippen MR) is 84.1 cm³/mol. The second kappa shape index (κ2) is 5.11. The van der Waals surface area contributed by atoms with Crippen molar-refractivity contribution in [1.29, 1.82) is 0 Å². The Balaban J connectivity index is 1.76. The summed E-state index contributed by atoms with van der Waals surface area (Å²) in [6.45, 7) is 0.915. The second-order valence-electron chi connectivity index (χ2n) is 5.35. The lowest BCUT2D eigenvalue weighted by atomic mass is 10.1. The molecule has 1 fully saturated rings. The average Bonchev–Trinajstić information content (AvgIpc) is 3.10. The molecule has 0 N–H and O–H groups in total. The Labute approximate surface area is 132 Å². The van der Waals surface area contributed by atoms with Gasteiger partial charge < -0.3 is 9.64 Å². The van der Waals surface area contributed by atoms with Crippen molar-refractivity contribution in [2.75, 3.05) is 17.3 Å². The standard InChI is InChI=1S/C17H14FNO2S/c18-13-5-3-4-12(10-13)11-19-15-7-2-1-6-14(15)17(16(19)20)21-8-9-22-17/h1-7,10H,8-9,11H2. The number of halogens is 1. The first-order valence-electron chi connectivity index (χ1n) is 7.14. The number of fused-ring (bicyclic) bond motifs is 2. The topological polar surface area (TPSA) is 29.5 Å². The highest BCUT2D eigenvalue weighted by molar-refractivity contribution is 8.01. The Morgan fingerprint density at radius 2 is 2.09 bits per heavy atom. The van der Waals surface area contributed by atoms with Crippen LogP contribution in [0.2, 0.25) is 0 Å². The maximum absolute atomic E-state index is 13.4. The summed E-state index contributed by atoms with van der Waals surface area (Å²) in [5.74, 6) is 0.438. The first-order valence-corrected chi connectivity index (χ1v) is 8.13. The lowest BCUT2D eigenvalue weighted by molar-refractivity contribution is -0.131. The maximum atomic E-state index is 13.4. The molecule has 112 valence electrons. The number of anilines is 1. The van der Waals surface area contributed by atoms with Crippen LogP contribution >= 0.6 is 11.8 Å². The second-order valence-corrected chi connectivity index (χ2v) is 6.62. The molecule has 4 rings (SSSR count). The summed E-state index contributed by atoms with van der Waals surface area (Å²) >= 11 is 1.53. The van der Waals surface area contributed by atoms with Crippen LogP contribution in [-0.2, 0) is 21.0 Å². The van der Waals surface area contributed by atoms with Crippen LogP contribution in [0.25, 0.3) is 0 Å². The van der Waals surface area contributed by atoms with Crippen LogP contribution in [0.1, 0.15) is 11.1 Å². The van der Waals surface area contributed by atoms with Gasteiger partial charge in [0.25, 0.3) is 5.91 Å². The molecule has 0 saturated carbocycles. The lowest BCUT2D eigenvalue weighted by Gasteiger charge is -2.22. The van der Waals surface area contributed by atoms with Crippen molar-refractivity contribution < 1.29 is 13.9 Å². The molecule has 3 nitrogen and oxygen atoms in total. The molecule has 1 spiro atoms. The molecule has 0 aromatic heterocycles. The van der Waals surface area contributed by atoms with Gasteiger partial charge in [-0.15, -0.1) is 11.8 Å². The van der Waals surface area contributed by atoms with E-state index in [4.69, 9.17) is 4.74 Å². The molecule has 5 heteroatoms. The van der Waals surface area contributed by atoms with Crippen LogP contribution in [0.15, 0.2) is 48.5 Å². The highest BCUT2D eigenvalue weighted by Crippen LogP contribution is 2.52. The lowest BCUT2D eigenvalue weighted by Crippen LogP contribution is -2.37. The summed E-state index contributed by atoms with van der Waals surface area (Å²) in [5, 5.41) is 0. The molecule has 2 aliphatic rings. The van der Waals surface area contributed by atoms with Crippen molar-refractivity contribution >= 4 is 23.4 Å². The normalized spacial score (nSPS) is 23.3. The van der Waals surface area contributed by atoms with E-state index in [0.717, 1.165) is 22.6 Å². The Kier molecular flexibility index (Phi) is 3.20. The summed E-state index contributed by atoms with van der Waals surface area (Å²) in [5.41, 5.74) is 2.52. The summed E-state index contributed by atoms with van der Waals surface area (Å²) in [6, 6.07) is 14.0. The van der Waals surface area contributed by atoms with Crippen LogP contribution in [0, 0.1) is 5.82 Å². The quantitative estimate of drug-likeness (QED) is 0.852. The largest absolute Gasteiger partial charge is 0.350 e. The minimum atomic E-state index is -0.913. The number of hydrogen-bond acceptors (Lipinski definition) is 3. The Hall–Kier alpha value is -1.85. The van der Waals surface area contributed by atoms with E-state index in [1.807, 2.05) is 30.3 Å². The van der Waals surface area contributed by atoms with Crippen molar-refractivity contribution in [2.24, 2.45) is 0 Å². The summed E-state index contributed by atoms with van der Waals surface area (Å²) < 4.78 is 19.2. The van der Waals surface area contributed by atoms with Crippen molar-refractivity contribution in [3.05, 3.63) is 65.5 Å². The molecule has 1 atom stereocenters. The van der Waals surface area contributed by atoms with E-state index in [0.29, 0.717) is 13.2 Å². The third kappa shape index (κ3) is 1.96. The van der Waals surface area contributed by atoms with E-state index >= 15 is 0 Å². The fourth-order valence-electron chi connectivity index (χ4n) is 3.06. The van der Waals surface area contributed by atoms with Crippen LogP contribution in [0.4, 0.5) is 10.1 Å². The van der Waals surface area contributed by atoms with Crippen LogP contribution < -0.4 is 4.90 Å². The maximum Gasteiger partial charge on any atom is 0.275 e. The first-order chi connectivity index (χ1) is 10.7. The molecule has 2 aromatic carbocycles. The number of hydrogen-bond donors (Lipinski definition) is 0. The first kappa shape index (κ1) is 13.8. The van der Waals surface area contributed by atoms with Gasteiger partial charge in [0.1, 0.15) is 5.82 Å². The molecular weight excluding hydrogens is 301 g/mol. The van der Waals surface area contributed by atoms with Crippen molar-refractivity contribution in [2.45, 2.75) is 11.5 Å². The highest BCUT2D eigenvalue weighted by atomic mass is 32.2. The van der Waals surface area contributed by atoms with Gasteiger partial charge in [0.2, 0.25) is 4.93 Å². The molecule has 1 saturated heterocycles. The molecular formula is C17H14FNO2S. The number of rotatable bonds is 2. The molecule has 1 unspecified atom stereocenters. The number of para-hydroxylation sites is 1. The van der Waals surface area contributed by atoms with E-state index < -0.39 is 4.93 Å². The molecule has 0 bridgehead atoms. The van der Waals surface area contributed by atoms with Gasteiger partial charge in [0, 0.05) is 11.3 Å². The number of benzene rings is 2. The minimum absolute atomic E-state index is 0.0690. The van der Waals surface area contributed by atoms with Crippen molar-refractivity contribution in [3.63, 3.8) is 0 Å². The van der Waals surface area contributed by atoms with E-state index in [2.05, 4.69) is 0 Å². The van der Waals surface area contributed by atoms with Crippen LogP contribution in [-0.4, -0.2) is 18.3 Å². The predicted octanol–water partition coefficient (Wildman–Crippen LogP) is 3.29. The number of carbonyl (C=O) groups excluding carboxylic acids is 1. The average molecular weight is 315 g/mol.